The molecule has 2 atom stereocenters. The van der Waals surface area contributed by atoms with Crippen LogP contribution in [0.2, 0.25) is 0 Å². The van der Waals surface area contributed by atoms with Gasteiger partial charge in [0.2, 0.25) is 0 Å². The second-order valence-corrected chi connectivity index (χ2v) is 3.62. The van der Waals surface area contributed by atoms with Gasteiger partial charge in [0.15, 0.2) is 0 Å². The first-order valence-electron chi connectivity index (χ1n) is 4.31. The summed E-state index contributed by atoms with van der Waals surface area (Å²) in [5, 5.41) is 0. The number of ketones is 1. The number of rotatable bonds is 1. The highest BCUT2D eigenvalue weighted by Gasteiger charge is 2.27. The SMILES string of the molecule is C=C1CCCC(C)C1C(C)=O. The molecule has 0 spiro atoms. The molecule has 0 radical (unpaired) electrons. The molecule has 0 heterocycles. The molecule has 1 aliphatic carbocycles. The second kappa shape index (κ2) is 3.21. The maximum Gasteiger partial charge on any atom is 0.137 e. The van der Waals surface area contributed by atoms with Crippen LogP contribution in [0.3, 0.4) is 0 Å². The van der Waals surface area contributed by atoms with Crippen molar-refractivity contribution in [2.24, 2.45) is 11.8 Å². The predicted octanol–water partition coefficient (Wildman–Crippen LogP) is 2.57. The van der Waals surface area contributed by atoms with Gasteiger partial charge in [-0.3, -0.25) is 4.79 Å². The van der Waals surface area contributed by atoms with Crippen molar-refractivity contribution in [3.05, 3.63) is 12.2 Å². The Morgan fingerprint density at radius 1 is 1.64 bits per heavy atom. The van der Waals surface area contributed by atoms with Gasteiger partial charge < -0.3 is 0 Å². The Kier molecular flexibility index (Phi) is 2.48. The third kappa shape index (κ3) is 1.70. The lowest BCUT2D eigenvalue weighted by Gasteiger charge is -2.28. The normalized spacial score (nSPS) is 32.0. The fraction of sp³-hybridized carbons (Fsp3) is 0.700. The van der Waals surface area contributed by atoms with E-state index < -0.39 is 0 Å². The van der Waals surface area contributed by atoms with Crippen molar-refractivity contribution in [3.8, 4) is 0 Å². The summed E-state index contributed by atoms with van der Waals surface area (Å²) >= 11 is 0. The number of hydrogen-bond acceptors (Lipinski definition) is 1. The van der Waals surface area contributed by atoms with Crippen LogP contribution in [0.1, 0.15) is 33.1 Å². The fourth-order valence-corrected chi connectivity index (χ4v) is 2.06. The number of Topliss-reactive ketones (excluding diaryl/α,β-unsaturated/α-hetero) is 1. The maximum absolute atomic E-state index is 11.2. The van der Waals surface area contributed by atoms with Crippen LogP contribution in [0.5, 0.6) is 0 Å². The van der Waals surface area contributed by atoms with Crippen LogP contribution in [-0.2, 0) is 4.79 Å². The van der Waals surface area contributed by atoms with E-state index in [2.05, 4.69) is 13.5 Å². The standard InChI is InChI=1S/C10H16O/c1-7-5-4-6-8(2)10(7)9(3)11/h8,10H,1,4-6H2,2-3H3. The number of hydrogen-bond donors (Lipinski definition) is 0. The van der Waals surface area contributed by atoms with Crippen LogP contribution in [-0.4, -0.2) is 5.78 Å². The van der Waals surface area contributed by atoms with E-state index in [-0.39, 0.29) is 5.92 Å². The molecule has 0 aliphatic heterocycles. The smallest absolute Gasteiger partial charge is 0.137 e. The van der Waals surface area contributed by atoms with E-state index in [4.69, 9.17) is 0 Å². The maximum atomic E-state index is 11.2. The van der Waals surface area contributed by atoms with Gasteiger partial charge in [0.25, 0.3) is 0 Å². The number of carbonyl (C=O) groups is 1. The van der Waals surface area contributed by atoms with Crippen LogP contribution < -0.4 is 0 Å². The van der Waals surface area contributed by atoms with Crippen LogP contribution >= 0.6 is 0 Å². The van der Waals surface area contributed by atoms with E-state index in [1.165, 1.54) is 12.8 Å². The Balaban J connectivity index is 2.70. The van der Waals surface area contributed by atoms with Crippen molar-refractivity contribution in [2.45, 2.75) is 33.1 Å². The van der Waals surface area contributed by atoms with E-state index in [0.717, 1.165) is 12.0 Å². The Labute approximate surface area is 68.5 Å². The predicted molar refractivity (Wildman–Crippen MR) is 46.3 cm³/mol. The van der Waals surface area contributed by atoms with Gasteiger partial charge in [0.05, 0.1) is 0 Å². The van der Waals surface area contributed by atoms with E-state index in [0.29, 0.717) is 11.7 Å². The molecule has 0 aromatic rings. The molecular weight excluding hydrogens is 136 g/mol. The van der Waals surface area contributed by atoms with E-state index in [1.54, 1.807) is 6.92 Å². The summed E-state index contributed by atoms with van der Waals surface area (Å²) in [4.78, 5) is 11.2. The van der Waals surface area contributed by atoms with Crippen LogP contribution in [0.25, 0.3) is 0 Å². The van der Waals surface area contributed by atoms with Gasteiger partial charge in [0, 0.05) is 5.92 Å². The van der Waals surface area contributed by atoms with E-state index in [9.17, 15) is 4.79 Å². The van der Waals surface area contributed by atoms with Crippen molar-refractivity contribution in [1.82, 2.24) is 0 Å². The molecule has 0 saturated heterocycles. The molecule has 1 aliphatic rings. The molecule has 0 N–H and O–H groups in total. The summed E-state index contributed by atoms with van der Waals surface area (Å²) in [5.41, 5.74) is 1.15. The highest BCUT2D eigenvalue weighted by Crippen LogP contribution is 2.33. The summed E-state index contributed by atoms with van der Waals surface area (Å²) < 4.78 is 0. The third-order valence-electron chi connectivity index (χ3n) is 2.60. The van der Waals surface area contributed by atoms with Gasteiger partial charge in [0.1, 0.15) is 5.78 Å². The van der Waals surface area contributed by atoms with Gasteiger partial charge in [-0.15, -0.1) is 0 Å². The molecule has 1 saturated carbocycles. The first-order chi connectivity index (χ1) is 5.13. The second-order valence-electron chi connectivity index (χ2n) is 3.62. The molecular formula is C10H16O. The van der Waals surface area contributed by atoms with Crippen molar-refractivity contribution >= 4 is 5.78 Å². The van der Waals surface area contributed by atoms with Crippen molar-refractivity contribution in [2.75, 3.05) is 0 Å². The Bertz CT molecular complexity index is 181. The van der Waals surface area contributed by atoms with Gasteiger partial charge in [-0.1, -0.05) is 19.1 Å². The zero-order valence-electron chi connectivity index (χ0n) is 7.39. The molecule has 2 unspecified atom stereocenters. The highest BCUT2D eigenvalue weighted by atomic mass is 16.1. The van der Waals surface area contributed by atoms with E-state index >= 15 is 0 Å². The summed E-state index contributed by atoms with van der Waals surface area (Å²) in [5.74, 6) is 0.972. The molecule has 0 aromatic heterocycles. The van der Waals surface area contributed by atoms with Crippen molar-refractivity contribution in [3.63, 3.8) is 0 Å². The van der Waals surface area contributed by atoms with Gasteiger partial charge >= 0.3 is 0 Å². The number of carbonyl (C=O) groups excluding carboxylic acids is 1. The van der Waals surface area contributed by atoms with E-state index in [1.807, 2.05) is 0 Å². The fourth-order valence-electron chi connectivity index (χ4n) is 2.06. The molecule has 1 nitrogen and oxygen atoms in total. The monoisotopic (exact) mass is 152 g/mol. The molecule has 1 fully saturated rings. The average Bonchev–Trinajstić information content (AvgIpc) is 1.85. The zero-order chi connectivity index (χ0) is 8.43. The van der Waals surface area contributed by atoms with Crippen molar-refractivity contribution < 1.29 is 4.79 Å². The average molecular weight is 152 g/mol. The topological polar surface area (TPSA) is 17.1 Å². The summed E-state index contributed by atoms with van der Waals surface area (Å²) in [7, 11) is 0. The lowest BCUT2D eigenvalue weighted by molar-refractivity contribution is -0.121. The summed E-state index contributed by atoms with van der Waals surface area (Å²) in [6, 6.07) is 0. The zero-order valence-corrected chi connectivity index (χ0v) is 7.39. The molecule has 0 aromatic carbocycles. The molecule has 11 heavy (non-hydrogen) atoms. The van der Waals surface area contributed by atoms with Crippen LogP contribution in [0, 0.1) is 11.8 Å². The first-order valence-corrected chi connectivity index (χ1v) is 4.31. The van der Waals surface area contributed by atoms with Gasteiger partial charge in [-0.05, 0) is 32.1 Å². The minimum absolute atomic E-state index is 0.156. The molecule has 1 rings (SSSR count). The minimum atomic E-state index is 0.156. The Hall–Kier alpha value is -0.590. The number of allylic oxidation sites excluding steroid dienone is 1. The largest absolute Gasteiger partial charge is 0.299 e. The molecule has 0 amide bonds. The van der Waals surface area contributed by atoms with Gasteiger partial charge in [-0.25, -0.2) is 0 Å². The van der Waals surface area contributed by atoms with Crippen LogP contribution in [0.15, 0.2) is 12.2 Å². The molecule has 0 bridgehead atoms. The lowest BCUT2D eigenvalue weighted by atomic mass is 9.75. The Morgan fingerprint density at radius 3 is 2.64 bits per heavy atom. The molecule has 1 heteroatoms. The minimum Gasteiger partial charge on any atom is -0.299 e. The van der Waals surface area contributed by atoms with Gasteiger partial charge in [-0.2, -0.15) is 0 Å². The summed E-state index contributed by atoms with van der Waals surface area (Å²) in [6.45, 7) is 7.77. The summed E-state index contributed by atoms with van der Waals surface area (Å²) in [6.07, 6.45) is 3.45. The lowest BCUT2D eigenvalue weighted by Crippen LogP contribution is -2.25. The molecule has 62 valence electrons. The highest BCUT2D eigenvalue weighted by molar-refractivity contribution is 5.81. The Morgan fingerprint density at radius 2 is 2.27 bits per heavy atom. The third-order valence-corrected chi connectivity index (χ3v) is 2.60. The quantitative estimate of drug-likeness (QED) is 0.528. The van der Waals surface area contributed by atoms with Crippen LogP contribution in [0.4, 0.5) is 0 Å². The van der Waals surface area contributed by atoms with Crippen molar-refractivity contribution in [1.29, 1.82) is 0 Å². The first kappa shape index (κ1) is 8.51.